The standard InChI is InChI=1S/C12H11ClF3N3S/c13-8-4-2-1-3-7(8)5-9(19-17)10-6-18-11(20-10)12(14,15)16/h1-4,6,9,19H,5,17H2. The molecule has 0 aliphatic heterocycles. The Hall–Kier alpha value is -1.15. The average Bonchev–Trinajstić information content (AvgIpc) is 2.87. The highest BCUT2D eigenvalue weighted by molar-refractivity contribution is 7.11. The van der Waals surface area contributed by atoms with Gasteiger partial charge in [0.1, 0.15) is 0 Å². The van der Waals surface area contributed by atoms with E-state index in [0.29, 0.717) is 27.7 Å². The minimum absolute atomic E-state index is 0.385. The highest BCUT2D eigenvalue weighted by Crippen LogP contribution is 2.35. The average molecular weight is 322 g/mol. The minimum Gasteiger partial charge on any atom is -0.271 e. The van der Waals surface area contributed by atoms with E-state index in [9.17, 15) is 13.2 Å². The van der Waals surface area contributed by atoms with Crippen LogP contribution in [-0.4, -0.2) is 4.98 Å². The zero-order valence-electron chi connectivity index (χ0n) is 10.1. The van der Waals surface area contributed by atoms with Gasteiger partial charge in [-0.1, -0.05) is 29.8 Å². The van der Waals surface area contributed by atoms with Crippen molar-refractivity contribution in [2.45, 2.75) is 18.6 Å². The van der Waals surface area contributed by atoms with Gasteiger partial charge in [-0.25, -0.2) is 4.98 Å². The summed E-state index contributed by atoms with van der Waals surface area (Å²) in [6.45, 7) is 0. The van der Waals surface area contributed by atoms with Gasteiger partial charge in [0, 0.05) is 16.1 Å². The Morgan fingerprint density at radius 1 is 1.35 bits per heavy atom. The van der Waals surface area contributed by atoms with Gasteiger partial charge in [0.15, 0.2) is 5.01 Å². The Labute approximate surface area is 122 Å². The number of alkyl halides is 3. The van der Waals surface area contributed by atoms with Gasteiger partial charge in [-0.2, -0.15) is 13.2 Å². The predicted octanol–water partition coefficient (Wildman–Crippen LogP) is 3.56. The van der Waals surface area contributed by atoms with Crippen molar-refractivity contribution < 1.29 is 13.2 Å². The normalized spacial score (nSPS) is 13.4. The fourth-order valence-corrected chi connectivity index (χ4v) is 2.76. The molecule has 0 aliphatic carbocycles. The Kier molecular flexibility index (Phi) is 4.64. The lowest BCUT2D eigenvalue weighted by Gasteiger charge is -2.14. The summed E-state index contributed by atoms with van der Waals surface area (Å²) >= 11 is 6.61. The van der Waals surface area contributed by atoms with E-state index in [1.807, 2.05) is 6.07 Å². The minimum atomic E-state index is -4.44. The third-order valence-corrected chi connectivity index (χ3v) is 4.22. The van der Waals surface area contributed by atoms with Crippen LogP contribution < -0.4 is 11.3 Å². The van der Waals surface area contributed by atoms with Gasteiger partial charge in [-0.05, 0) is 18.1 Å². The van der Waals surface area contributed by atoms with Gasteiger partial charge < -0.3 is 0 Å². The molecule has 0 bridgehead atoms. The monoisotopic (exact) mass is 321 g/mol. The van der Waals surface area contributed by atoms with Crippen LogP contribution >= 0.6 is 22.9 Å². The van der Waals surface area contributed by atoms with Crippen molar-refractivity contribution in [1.29, 1.82) is 0 Å². The number of halogens is 4. The molecular formula is C12H11ClF3N3S. The van der Waals surface area contributed by atoms with Crippen LogP contribution in [0.15, 0.2) is 30.5 Å². The van der Waals surface area contributed by atoms with E-state index in [1.54, 1.807) is 18.2 Å². The van der Waals surface area contributed by atoms with E-state index in [2.05, 4.69) is 10.4 Å². The third-order valence-electron chi connectivity index (χ3n) is 2.69. The lowest BCUT2D eigenvalue weighted by atomic mass is 10.1. The Morgan fingerprint density at radius 3 is 2.60 bits per heavy atom. The number of benzene rings is 1. The summed E-state index contributed by atoms with van der Waals surface area (Å²) in [5.41, 5.74) is 3.31. The quantitative estimate of drug-likeness (QED) is 0.668. The number of hydrogen-bond acceptors (Lipinski definition) is 4. The smallest absolute Gasteiger partial charge is 0.271 e. The number of thiazole rings is 1. The van der Waals surface area contributed by atoms with Gasteiger partial charge in [0.25, 0.3) is 0 Å². The molecule has 1 heterocycles. The first-order valence-electron chi connectivity index (χ1n) is 5.64. The summed E-state index contributed by atoms with van der Waals surface area (Å²) in [6, 6.07) is 6.65. The third kappa shape index (κ3) is 3.49. The number of aromatic nitrogens is 1. The van der Waals surface area contributed by atoms with Crippen LogP contribution in [-0.2, 0) is 12.6 Å². The molecule has 1 atom stereocenters. The molecule has 108 valence electrons. The SMILES string of the molecule is NNC(Cc1ccccc1Cl)c1cnc(C(F)(F)F)s1. The molecule has 2 rings (SSSR count). The van der Waals surface area contributed by atoms with E-state index in [4.69, 9.17) is 17.4 Å². The van der Waals surface area contributed by atoms with E-state index in [-0.39, 0.29) is 0 Å². The Morgan fingerprint density at radius 2 is 2.05 bits per heavy atom. The molecular weight excluding hydrogens is 311 g/mol. The number of nitrogens with zero attached hydrogens (tertiary/aromatic N) is 1. The van der Waals surface area contributed by atoms with Gasteiger partial charge in [-0.3, -0.25) is 11.3 Å². The molecule has 3 N–H and O–H groups in total. The van der Waals surface area contributed by atoms with Crippen LogP contribution in [0.2, 0.25) is 5.02 Å². The van der Waals surface area contributed by atoms with Crippen molar-refractivity contribution in [2.75, 3.05) is 0 Å². The van der Waals surface area contributed by atoms with Gasteiger partial charge in [0.05, 0.1) is 6.04 Å². The highest BCUT2D eigenvalue weighted by Gasteiger charge is 2.35. The number of hydrogen-bond donors (Lipinski definition) is 2. The second-order valence-electron chi connectivity index (χ2n) is 4.08. The molecule has 0 saturated carbocycles. The van der Waals surface area contributed by atoms with E-state index in [0.717, 1.165) is 5.56 Å². The molecule has 0 amide bonds. The van der Waals surface area contributed by atoms with E-state index < -0.39 is 17.2 Å². The first-order chi connectivity index (χ1) is 9.41. The predicted molar refractivity (Wildman–Crippen MR) is 72.3 cm³/mol. The zero-order chi connectivity index (χ0) is 14.8. The van der Waals surface area contributed by atoms with Crippen molar-refractivity contribution in [1.82, 2.24) is 10.4 Å². The Bertz CT molecular complexity index is 585. The summed E-state index contributed by atoms with van der Waals surface area (Å²) in [4.78, 5) is 3.80. The van der Waals surface area contributed by atoms with Crippen LogP contribution in [0.1, 0.15) is 21.5 Å². The van der Waals surface area contributed by atoms with Gasteiger partial charge in [0.2, 0.25) is 0 Å². The number of nitrogens with one attached hydrogen (secondary N) is 1. The lowest BCUT2D eigenvalue weighted by Crippen LogP contribution is -2.29. The number of hydrazine groups is 1. The maximum Gasteiger partial charge on any atom is 0.443 e. The maximum atomic E-state index is 12.5. The number of rotatable bonds is 4. The van der Waals surface area contributed by atoms with Crippen LogP contribution in [0, 0.1) is 0 Å². The fourth-order valence-electron chi connectivity index (χ4n) is 1.70. The van der Waals surface area contributed by atoms with Crippen molar-refractivity contribution in [2.24, 2.45) is 5.84 Å². The molecule has 2 aromatic rings. The molecule has 3 nitrogen and oxygen atoms in total. The molecule has 1 unspecified atom stereocenters. The summed E-state index contributed by atoms with van der Waals surface area (Å²) in [6.07, 6.45) is -2.86. The summed E-state index contributed by atoms with van der Waals surface area (Å²) in [7, 11) is 0. The van der Waals surface area contributed by atoms with Crippen LogP contribution in [0.3, 0.4) is 0 Å². The molecule has 0 saturated heterocycles. The molecule has 0 fully saturated rings. The topological polar surface area (TPSA) is 50.9 Å². The number of nitrogens with two attached hydrogens (primary N) is 1. The molecule has 8 heteroatoms. The van der Waals surface area contributed by atoms with E-state index >= 15 is 0 Å². The Balaban J connectivity index is 2.21. The molecule has 0 radical (unpaired) electrons. The fraction of sp³-hybridized carbons (Fsp3) is 0.250. The van der Waals surface area contributed by atoms with Gasteiger partial charge >= 0.3 is 6.18 Å². The maximum absolute atomic E-state index is 12.5. The molecule has 0 spiro atoms. The van der Waals surface area contributed by atoms with Crippen LogP contribution in [0.25, 0.3) is 0 Å². The molecule has 20 heavy (non-hydrogen) atoms. The molecule has 1 aromatic heterocycles. The molecule has 1 aromatic carbocycles. The first kappa shape index (κ1) is 15.2. The highest BCUT2D eigenvalue weighted by atomic mass is 35.5. The second-order valence-corrected chi connectivity index (χ2v) is 5.55. The van der Waals surface area contributed by atoms with Crippen LogP contribution in [0.4, 0.5) is 13.2 Å². The van der Waals surface area contributed by atoms with Crippen LogP contribution in [0.5, 0.6) is 0 Å². The van der Waals surface area contributed by atoms with E-state index in [1.165, 1.54) is 6.20 Å². The summed E-state index contributed by atoms with van der Waals surface area (Å²) < 4.78 is 37.6. The van der Waals surface area contributed by atoms with Crippen molar-refractivity contribution in [3.05, 3.63) is 50.9 Å². The summed E-state index contributed by atoms with van der Waals surface area (Å²) in [5, 5.41) is -0.333. The first-order valence-corrected chi connectivity index (χ1v) is 6.83. The van der Waals surface area contributed by atoms with Crippen molar-refractivity contribution in [3.63, 3.8) is 0 Å². The second kappa shape index (κ2) is 6.09. The zero-order valence-corrected chi connectivity index (χ0v) is 11.7. The van der Waals surface area contributed by atoms with Crippen molar-refractivity contribution >= 4 is 22.9 Å². The lowest BCUT2D eigenvalue weighted by molar-refractivity contribution is -0.137. The largest absolute Gasteiger partial charge is 0.443 e. The van der Waals surface area contributed by atoms with Gasteiger partial charge in [-0.15, -0.1) is 11.3 Å². The molecule has 0 aliphatic rings. The van der Waals surface area contributed by atoms with Crippen molar-refractivity contribution in [3.8, 4) is 0 Å². The summed E-state index contributed by atoms with van der Waals surface area (Å²) in [5.74, 6) is 5.43.